The normalized spacial score (nSPS) is 26.5. The molecule has 0 aliphatic heterocycles. The molecule has 0 radical (unpaired) electrons. The van der Waals surface area contributed by atoms with Crippen LogP contribution in [0.3, 0.4) is 0 Å². The van der Waals surface area contributed by atoms with Crippen LogP contribution in [-0.4, -0.2) is 56.0 Å². The van der Waals surface area contributed by atoms with Gasteiger partial charge in [-0.15, -0.1) is 0 Å². The minimum atomic E-state index is -2.07. The number of aliphatic hydroxyl groups excluding tert-OH is 2. The zero-order valence-corrected chi connectivity index (χ0v) is 18.1. The Labute approximate surface area is 162 Å². The van der Waals surface area contributed by atoms with Gasteiger partial charge in [-0.2, -0.15) is 0 Å². The van der Waals surface area contributed by atoms with E-state index in [9.17, 15) is 15.0 Å². The van der Waals surface area contributed by atoms with Gasteiger partial charge in [0.05, 0.1) is 18.8 Å². The van der Waals surface area contributed by atoms with E-state index in [0.29, 0.717) is 24.2 Å². The zero-order valence-electron chi connectivity index (χ0n) is 17.1. The third kappa shape index (κ3) is 5.10. The number of esters is 1. The number of hydrogen-bond acceptors (Lipinski definition) is 6. The van der Waals surface area contributed by atoms with Crippen molar-refractivity contribution in [1.82, 2.24) is 0 Å². The SMILES string of the molecule is COc1ccc(C(=O)O[C@H]2CC[C@H](O[Si](C)(C)C(C)(C)C)[C@H](O)[C@@H]2O)cc1. The van der Waals surface area contributed by atoms with Crippen LogP contribution in [0.5, 0.6) is 5.75 Å². The molecular weight excluding hydrogens is 364 g/mol. The first-order valence-corrected chi connectivity index (χ1v) is 12.3. The summed E-state index contributed by atoms with van der Waals surface area (Å²) in [6.07, 6.45) is -2.48. The van der Waals surface area contributed by atoms with Crippen LogP contribution in [0, 0.1) is 0 Å². The Hall–Kier alpha value is -1.41. The maximum Gasteiger partial charge on any atom is 0.338 e. The molecular formula is C20H32O6Si. The van der Waals surface area contributed by atoms with E-state index in [2.05, 4.69) is 33.9 Å². The lowest BCUT2D eigenvalue weighted by atomic mass is 9.89. The number of benzene rings is 1. The lowest BCUT2D eigenvalue weighted by Gasteiger charge is -2.44. The van der Waals surface area contributed by atoms with Gasteiger partial charge in [0.2, 0.25) is 0 Å². The van der Waals surface area contributed by atoms with Crippen LogP contribution in [-0.2, 0) is 9.16 Å². The Kier molecular flexibility index (Phi) is 6.73. The Morgan fingerprint density at radius 2 is 1.56 bits per heavy atom. The highest BCUT2D eigenvalue weighted by molar-refractivity contribution is 6.74. The molecule has 0 heterocycles. The molecule has 1 aliphatic carbocycles. The third-order valence-electron chi connectivity index (χ3n) is 5.68. The average molecular weight is 397 g/mol. The van der Waals surface area contributed by atoms with Crippen molar-refractivity contribution in [3.63, 3.8) is 0 Å². The third-order valence-corrected chi connectivity index (χ3v) is 10.2. The van der Waals surface area contributed by atoms with Crippen molar-refractivity contribution in [3.8, 4) is 5.75 Å². The van der Waals surface area contributed by atoms with E-state index in [4.69, 9.17) is 13.9 Å². The summed E-state index contributed by atoms with van der Waals surface area (Å²) < 4.78 is 16.8. The van der Waals surface area contributed by atoms with E-state index in [1.54, 1.807) is 31.4 Å². The summed E-state index contributed by atoms with van der Waals surface area (Å²) in [5, 5.41) is 21.0. The lowest BCUT2D eigenvalue weighted by molar-refractivity contribution is -0.134. The molecule has 0 aromatic heterocycles. The van der Waals surface area contributed by atoms with E-state index in [-0.39, 0.29) is 5.04 Å². The fourth-order valence-electron chi connectivity index (χ4n) is 2.86. The van der Waals surface area contributed by atoms with Crippen molar-refractivity contribution in [2.24, 2.45) is 0 Å². The maximum absolute atomic E-state index is 12.3. The highest BCUT2D eigenvalue weighted by Gasteiger charge is 2.45. The summed E-state index contributed by atoms with van der Waals surface area (Å²) in [4.78, 5) is 12.3. The molecule has 7 heteroatoms. The van der Waals surface area contributed by atoms with Crippen molar-refractivity contribution in [1.29, 1.82) is 0 Å². The van der Waals surface area contributed by atoms with Crippen LogP contribution >= 0.6 is 0 Å². The van der Waals surface area contributed by atoms with Gasteiger partial charge in [-0.05, 0) is 55.2 Å². The molecule has 1 aliphatic rings. The molecule has 1 fully saturated rings. The number of hydrogen-bond donors (Lipinski definition) is 2. The molecule has 0 unspecified atom stereocenters. The summed E-state index contributed by atoms with van der Waals surface area (Å²) >= 11 is 0. The molecule has 27 heavy (non-hydrogen) atoms. The Bertz CT molecular complexity index is 637. The molecule has 1 saturated carbocycles. The number of methoxy groups -OCH3 is 1. The van der Waals surface area contributed by atoms with Crippen LogP contribution < -0.4 is 4.74 Å². The van der Waals surface area contributed by atoms with Gasteiger partial charge in [-0.1, -0.05) is 20.8 Å². The van der Waals surface area contributed by atoms with E-state index in [0.717, 1.165) is 0 Å². The van der Waals surface area contributed by atoms with E-state index in [1.807, 2.05) is 0 Å². The predicted molar refractivity (Wildman–Crippen MR) is 106 cm³/mol. The van der Waals surface area contributed by atoms with Crippen molar-refractivity contribution in [2.75, 3.05) is 7.11 Å². The fraction of sp³-hybridized carbons (Fsp3) is 0.650. The first-order chi connectivity index (χ1) is 12.5. The van der Waals surface area contributed by atoms with Crippen LogP contribution in [0.1, 0.15) is 44.0 Å². The summed E-state index contributed by atoms with van der Waals surface area (Å²) in [6, 6.07) is 6.56. The molecule has 4 atom stereocenters. The van der Waals surface area contributed by atoms with Crippen molar-refractivity contribution in [2.45, 2.75) is 76.2 Å². The maximum atomic E-state index is 12.3. The molecule has 152 valence electrons. The Morgan fingerprint density at radius 3 is 2.07 bits per heavy atom. The van der Waals surface area contributed by atoms with Crippen LogP contribution in [0.2, 0.25) is 18.1 Å². The van der Waals surface area contributed by atoms with Gasteiger partial charge in [-0.3, -0.25) is 0 Å². The fourth-order valence-corrected chi connectivity index (χ4v) is 4.22. The number of carbonyl (C=O) groups is 1. The van der Waals surface area contributed by atoms with E-state index < -0.39 is 38.7 Å². The number of carbonyl (C=O) groups excluding carboxylic acids is 1. The van der Waals surface area contributed by atoms with Crippen LogP contribution in [0.4, 0.5) is 0 Å². The highest BCUT2D eigenvalue weighted by atomic mass is 28.4. The largest absolute Gasteiger partial charge is 0.497 e. The predicted octanol–water partition coefficient (Wildman–Crippen LogP) is 3.13. The highest BCUT2D eigenvalue weighted by Crippen LogP contribution is 2.39. The molecule has 1 aromatic rings. The van der Waals surface area contributed by atoms with Gasteiger partial charge in [-0.25, -0.2) is 4.79 Å². The van der Waals surface area contributed by atoms with Crippen LogP contribution in [0.25, 0.3) is 0 Å². The zero-order chi connectivity index (χ0) is 20.4. The van der Waals surface area contributed by atoms with Gasteiger partial charge >= 0.3 is 5.97 Å². The monoisotopic (exact) mass is 396 g/mol. The number of ether oxygens (including phenoxy) is 2. The van der Waals surface area contributed by atoms with Gasteiger partial charge in [0.15, 0.2) is 8.32 Å². The first-order valence-electron chi connectivity index (χ1n) is 9.35. The van der Waals surface area contributed by atoms with Crippen molar-refractivity contribution < 1.29 is 28.9 Å². The second-order valence-corrected chi connectivity index (χ2v) is 13.4. The molecule has 1 aromatic carbocycles. The van der Waals surface area contributed by atoms with Gasteiger partial charge in [0, 0.05) is 0 Å². The quantitative estimate of drug-likeness (QED) is 0.587. The Morgan fingerprint density at radius 1 is 1.04 bits per heavy atom. The lowest BCUT2D eigenvalue weighted by Crippen LogP contribution is -2.55. The molecule has 0 amide bonds. The minimum Gasteiger partial charge on any atom is -0.497 e. The minimum absolute atomic E-state index is 0.00928. The van der Waals surface area contributed by atoms with Crippen molar-refractivity contribution >= 4 is 14.3 Å². The molecule has 0 bridgehead atoms. The first kappa shape index (κ1) is 21.9. The van der Waals surface area contributed by atoms with Crippen LogP contribution in [0.15, 0.2) is 24.3 Å². The molecule has 2 N–H and O–H groups in total. The Balaban J connectivity index is 1.99. The molecule has 0 spiro atoms. The van der Waals surface area contributed by atoms with E-state index in [1.165, 1.54) is 0 Å². The second-order valence-electron chi connectivity index (χ2n) is 8.65. The molecule has 6 nitrogen and oxygen atoms in total. The average Bonchev–Trinajstić information content (AvgIpc) is 2.60. The van der Waals surface area contributed by atoms with Crippen molar-refractivity contribution in [3.05, 3.63) is 29.8 Å². The van der Waals surface area contributed by atoms with Gasteiger partial charge in [0.1, 0.15) is 24.1 Å². The second kappa shape index (κ2) is 8.30. The number of rotatable bonds is 5. The topological polar surface area (TPSA) is 85.2 Å². The van der Waals surface area contributed by atoms with Gasteiger partial charge in [0.25, 0.3) is 0 Å². The molecule has 2 rings (SSSR count). The standard InChI is InChI=1S/C20H32O6Si/c1-20(2,3)27(5,6)26-16-12-11-15(17(21)18(16)22)25-19(23)13-7-9-14(24-4)10-8-13/h7-10,15-18,21-22H,11-12H2,1-6H3/t15-,16-,17+,18-/m0/s1. The summed E-state index contributed by atoms with van der Waals surface area (Å²) in [6.45, 7) is 10.6. The summed E-state index contributed by atoms with van der Waals surface area (Å²) in [5.41, 5.74) is 0.372. The summed E-state index contributed by atoms with van der Waals surface area (Å²) in [5.74, 6) is 0.114. The summed E-state index contributed by atoms with van der Waals surface area (Å²) in [7, 11) is -0.519. The number of aliphatic hydroxyl groups is 2. The molecule has 0 saturated heterocycles. The van der Waals surface area contributed by atoms with E-state index >= 15 is 0 Å². The smallest absolute Gasteiger partial charge is 0.338 e. The van der Waals surface area contributed by atoms with Gasteiger partial charge < -0.3 is 24.1 Å².